The molecule has 0 bridgehead atoms. The lowest BCUT2D eigenvalue weighted by atomic mass is 9.84. The van der Waals surface area contributed by atoms with Gasteiger partial charge in [0.05, 0.1) is 0 Å². The van der Waals surface area contributed by atoms with Crippen molar-refractivity contribution in [2.45, 2.75) is 84.5 Å². The summed E-state index contributed by atoms with van der Waals surface area (Å²) in [4.78, 5) is 0. The van der Waals surface area contributed by atoms with Crippen molar-refractivity contribution in [2.75, 3.05) is 0 Å². The van der Waals surface area contributed by atoms with Gasteiger partial charge in [0.2, 0.25) is 0 Å². The summed E-state index contributed by atoms with van der Waals surface area (Å²) in [6.07, 6.45) is 21.0. The van der Waals surface area contributed by atoms with Crippen LogP contribution in [0.4, 0.5) is 0 Å². The zero-order valence-corrected chi connectivity index (χ0v) is 19.2. The van der Waals surface area contributed by atoms with E-state index >= 15 is 0 Å². The van der Waals surface area contributed by atoms with Crippen LogP contribution in [0.5, 0.6) is 0 Å². The summed E-state index contributed by atoms with van der Waals surface area (Å²) in [6, 6.07) is 18.5. The molecule has 0 N–H and O–H groups in total. The topological polar surface area (TPSA) is 0 Å². The van der Waals surface area contributed by atoms with E-state index in [1.165, 1.54) is 80.0 Å². The molecule has 160 valence electrons. The van der Waals surface area contributed by atoms with Gasteiger partial charge in [0.25, 0.3) is 0 Å². The molecule has 0 saturated carbocycles. The Bertz CT molecular complexity index is 789. The van der Waals surface area contributed by atoms with Crippen LogP contribution in [0.25, 0.3) is 11.6 Å². The van der Waals surface area contributed by atoms with E-state index in [2.05, 4.69) is 80.6 Å². The lowest BCUT2D eigenvalue weighted by Crippen LogP contribution is -2.05. The fraction of sp³-hybridized carbons (Fsp3) is 0.467. The number of allylic oxidation sites excluding steroid dienone is 3. The first-order valence-electron chi connectivity index (χ1n) is 12.3. The lowest BCUT2D eigenvalue weighted by Gasteiger charge is -2.21. The molecule has 0 amide bonds. The average molecular weight is 401 g/mol. The molecular weight excluding hydrogens is 360 g/mol. The standard InChI is InChI=1S/C30H40/c1-3-5-6-7-8-10-26-11-13-27(14-12-26)15-16-28-19-23-30(24-20-28)29-21-17-25(9-4-2)18-22-29/h8,10-14,19-21,23-25H,3-7,9,15-18,22H2,1-2H3/b10-8+. The summed E-state index contributed by atoms with van der Waals surface area (Å²) in [7, 11) is 0. The molecule has 30 heavy (non-hydrogen) atoms. The van der Waals surface area contributed by atoms with Crippen LogP contribution in [-0.2, 0) is 12.8 Å². The Hall–Kier alpha value is -2.08. The van der Waals surface area contributed by atoms with Crippen molar-refractivity contribution in [3.05, 3.63) is 82.9 Å². The Kier molecular flexibility index (Phi) is 9.48. The van der Waals surface area contributed by atoms with Gasteiger partial charge in [-0.15, -0.1) is 0 Å². The third-order valence-electron chi connectivity index (χ3n) is 6.51. The Labute approximate surface area is 185 Å². The third-order valence-corrected chi connectivity index (χ3v) is 6.51. The molecule has 0 fully saturated rings. The summed E-state index contributed by atoms with van der Waals surface area (Å²) in [5.41, 5.74) is 7.19. The van der Waals surface area contributed by atoms with Gasteiger partial charge in [0.1, 0.15) is 0 Å². The summed E-state index contributed by atoms with van der Waals surface area (Å²) >= 11 is 0. The van der Waals surface area contributed by atoms with Gasteiger partial charge in [0, 0.05) is 0 Å². The summed E-state index contributed by atoms with van der Waals surface area (Å²) in [6.45, 7) is 4.56. The second-order valence-corrected chi connectivity index (χ2v) is 9.00. The highest BCUT2D eigenvalue weighted by Gasteiger charge is 2.14. The van der Waals surface area contributed by atoms with Crippen molar-refractivity contribution in [1.29, 1.82) is 0 Å². The van der Waals surface area contributed by atoms with E-state index in [0.29, 0.717) is 0 Å². The van der Waals surface area contributed by atoms with Gasteiger partial charge in [-0.25, -0.2) is 0 Å². The molecule has 0 nitrogen and oxygen atoms in total. The molecule has 0 radical (unpaired) electrons. The third kappa shape index (κ3) is 7.31. The van der Waals surface area contributed by atoms with Crippen molar-refractivity contribution in [2.24, 2.45) is 5.92 Å². The number of unbranched alkanes of at least 4 members (excludes halogenated alkanes) is 3. The molecule has 1 unspecified atom stereocenters. The van der Waals surface area contributed by atoms with Crippen molar-refractivity contribution in [3.8, 4) is 0 Å². The predicted octanol–water partition coefficient (Wildman–Crippen LogP) is 9.05. The molecule has 1 aliphatic rings. The monoisotopic (exact) mass is 400 g/mol. The minimum absolute atomic E-state index is 0.918. The highest BCUT2D eigenvalue weighted by molar-refractivity contribution is 5.66. The number of aryl methyl sites for hydroxylation is 2. The van der Waals surface area contributed by atoms with Crippen LogP contribution in [0, 0.1) is 5.92 Å². The molecule has 0 aromatic heterocycles. The van der Waals surface area contributed by atoms with E-state index in [1.807, 2.05) is 0 Å². The second-order valence-electron chi connectivity index (χ2n) is 9.00. The Morgan fingerprint density at radius 3 is 2.13 bits per heavy atom. The molecule has 0 aliphatic heterocycles. The Morgan fingerprint density at radius 2 is 1.53 bits per heavy atom. The molecule has 0 heteroatoms. The molecule has 0 saturated heterocycles. The maximum absolute atomic E-state index is 2.50. The molecule has 0 spiro atoms. The first-order chi connectivity index (χ1) is 14.8. The van der Waals surface area contributed by atoms with Gasteiger partial charge < -0.3 is 0 Å². The zero-order chi connectivity index (χ0) is 21.0. The maximum atomic E-state index is 2.50. The van der Waals surface area contributed by atoms with Gasteiger partial charge in [-0.1, -0.05) is 106 Å². The Balaban J connectivity index is 1.46. The van der Waals surface area contributed by atoms with Crippen molar-refractivity contribution < 1.29 is 0 Å². The SMILES string of the molecule is CCCCC/C=C/c1ccc(CCc2ccc(C3=CCC(CCC)CC3)cc2)cc1. The molecule has 3 rings (SSSR count). The van der Waals surface area contributed by atoms with E-state index in [4.69, 9.17) is 0 Å². The lowest BCUT2D eigenvalue weighted by molar-refractivity contribution is 0.445. The molecular formula is C30H40. The minimum atomic E-state index is 0.918. The molecule has 2 aromatic carbocycles. The molecule has 1 aliphatic carbocycles. The van der Waals surface area contributed by atoms with Crippen molar-refractivity contribution in [1.82, 2.24) is 0 Å². The van der Waals surface area contributed by atoms with Gasteiger partial charge in [-0.2, -0.15) is 0 Å². The van der Waals surface area contributed by atoms with E-state index in [-0.39, 0.29) is 0 Å². The first kappa shape index (κ1) is 22.6. The van der Waals surface area contributed by atoms with E-state index in [1.54, 1.807) is 5.57 Å². The van der Waals surface area contributed by atoms with Crippen molar-refractivity contribution >= 4 is 11.6 Å². The number of hydrogen-bond donors (Lipinski definition) is 0. The maximum Gasteiger partial charge on any atom is -0.0228 e. The second kappa shape index (κ2) is 12.6. The molecule has 0 heterocycles. The van der Waals surface area contributed by atoms with Crippen LogP contribution < -0.4 is 0 Å². The molecule has 2 aromatic rings. The van der Waals surface area contributed by atoms with Crippen LogP contribution in [-0.4, -0.2) is 0 Å². The predicted molar refractivity (Wildman–Crippen MR) is 134 cm³/mol. The fourth-order valence-corrected chi connectivity index (χ4v) is 4.52. The van der Waals surface area contributed by atoms with Crippen LogP contribution in [0.3, 0.4) is 0 Å². The van der Waals surface area contributed by atoms with Crippen molar-refractivity contribution in [3.63, 3.8) is 0 Å². The average Bonchev–Trinajstić information content (AvgIpc) is 2.79. The summed E-state index contributed by atoms with van der Waals surface area (Å²) in [5.74, 6) is 0.918. The largest absolute Gasteiger partial charge is 0.0839 e. The van der Waals surface area contributed by atoms with Gasteiger partial charge >= 0.3 is 0 Å². The fourth-order valence-electron chi connectivity index (χ4n) is 4.52. The van der Waals surface area contributed by atoms with E-state index < -0.39 is 0 Å². The van der Waals surface area contributed by atoms with Gasteiger partial charge in [0.15, 0.2) is 0 Å². The smallest absolute Gasteiger partial charge is 0.0228 e. The molecule has 1 atom stereocenters. The highest BCUT2D eigenvalue weighted by atomic mass is 14.2. The number of hydrogen-bond acceptors (Lipinski definition) is 0. The zero-order valence-electron chi connectivity index (χ0n) is 19.2. The Morgan fingerprint density at radius 1 is 0.833 bits per heavy atom. The summed E-state index contributed by atoms with van der Waals surface area (Å²) in [5, 5.41) is 0. The van der Waals surface area contributed by atoms with Crippen LogP contribution in [0.1, 0.15) is 93.9 Å². The highest BCUT2D eigenvalue weighted by Crippen LogP contribution is 2.32. The quantitative estimate of drug-likeness (QED) is 0.330. The summed E-state index contributed by atoms with van der Waals surface area (Å²) < 4.78 is 0. The van der Waals surface area contributed by atoms with Gasteiger partial charge in [-0.05, 0) is 78.7 Å². The normalized spacial score (nSPS) is 16.7. The van der Waals surface area contributed by atoms with Crippen LogP contribution in [0.15, 0.2) is 60.7 Å². The van der Waals surface area contributed by atoms with Crippen LogP contribution >= 0.6 is 0 Å². The van der Waals surface area contributed by atoms with E-state index in [0.717, 1.165) is 18.8 Å². The minimum Gasteiger partial charge on any atom is -0.0839 e. The number of rotatable bonds is 11. The van der Waals surface area contributed by atoms with Crippen LogP contribution in [0.2, 0.25) is 0 Å². The first-order valence-corrected chi connectivity index (χ1v) is 12.3. The number of benzene rings is 2. The van der Waals surface area contributed by atoms with Gasteiger partial charge in [-0.3, -0.25) is 0 Å². The van der Waals surface area contributed by atoms with E-state index in [9.17, 15) is 0 Å².